The Morgan fingerprint density at radius 2 is 1.95 bits per heavy atom. The van der Waals surface area contributed by atoms with Gasteiger partial charge in [0.2, 0.25) is 10.0 Å². The Balaban J connectivity index is 1.98. The van der Waals surface area contributed by atoms with E-state index >= 15 is 0 Å². The first kappa shape index (κ1) is 16.2. The van der Waals surface area contributed by atoms with E-state index in [1.54, 1.807) is 12.1 Å². The van der Waals surface area contributed by atoms with Gasteiger partial charge < -0.3 is 5.32 Å². The summed E-state index contributed by atoms with van der Waals surface area (Å²) in [5.41, 5.74) is 0. The standard InChI is InChI=1S/C15H25N3O2S/c1-3-10-16-15-9-8-14(11-17-15)21(19,20)18-13-6-4-12(2)5-7-13/h8-9,11-13,18H,3-7,10H2,1-2H3,(H,16,17). The maximum absolute atomic E-state index is 12.3. The van der Waals surface area contributed by atoms with Crippen molar-refractivity contribution in [1.29, 1.82) is 0 Å². The molecular weight excluding hydrogens is 286 g/mol. The Bertz CT molecular complexity index is 535. The van der Waals surface area contributed by atoms with E-state index in [0.29, 0.717) is 11.7 Å². The summed E-state index contributed by atoms with van der Waals surface area (Å²) in [4.78, 5) is 4.40. The fourth-order valence-corrected chi connectivity index (χ4v) is 3.81. The van der Waals surface area contributed by atoms with E-state index in [1.165, 1.54) is 6.20 Å². The zero-order valence-electron chi connectivity index (χ0n) is 12.8. The normalized spacial score (nSPS) is 23.0. The second-order valence-corrected chi connectivity index (χ2v) is 7.60. The lowest BCUT2D eigenvalue weighted by Gasteiger charge is -2.26. The number of sulfonamides is 1. The lowest BCUT2D eigenvalue weighted by molar-refractivity contribution is 0.332. The average molecular weight is 311 g/mol. The predicted molar refractivity (Wildman–Crippen MR) is 84.8 cm³/mol. The highest BCUT2D eigenvalue weighted by Gasteiger charge is 2.24. The van der Waals surface area contributed by atoms with Crippen LogP contribution in [-0.4, -0.2) is 26.0 Å². The fraction of sp³-hybridized carbons (Fsp3) is 0.667. The average Bonchev–Trinajstić information content (AvgIpc) is 2.48. The molecule has 0 radical (unpaired) electrons. The van der Waals surface area contributed by atoms with Gasteiger partial charge in [-0.05, 0) is 50.2 Å². The molecule has 0 aliphatic heterocycles. The summed E-state index contributed by atoms with van der Waals surface area (Å²) in [6, 6.07) is 3.38. The summed E-state index contributed by atoms with van der Waals surface area (Å²) >= 11 is 0. The minimum atomic E-state index is -3.45. The number of rotatable bonds is 6. The van der Waals surface area contributed by atoms with Crippen LogP contribution in [0.3, 0.4) is 0 Å². The van der Waals surface area contributed by atoms with Gasteiger partial charge in [-0.15, -0.1) is 0 Å². The molecule has 0 amide bonds. The zero-order valence-corrected chi connectivity index (χ0v) is 13.6. The van der Waals surface area contributed by atoms with E-state index in [2.05, 4.69) is 28.9 Å². The first-order chi connectivity index (χ1) is 10.0. The molecule has 2 N–H and O–H groups in total. The molecule has 0 aromatic carbocycles. The first-order valence-electron chi connectivity index (χ1n) is 7.73. The molecule has 1 aliphatic rings. The Hall–Kier alpha value is -1.14. The Morgan fingerprint density at radius 1 is 1.24 bits per heavy atom. The Morgan fingerprint density at radius 3 is 2.52 bits per heavy atom. The zero-order chi connectivity index (χ0) is 15.3. The van der Waals surface area contributed by atoms with Crippen LogP contribution in [0.15, 0.2) is 23.2 Å². The van der Waals surface area contributed by atoms with Gasteiger partial charge in [0.05, 0.1) is 0 Å². The van der Waals surface area contributed by atoms with Crippen molar-refractivity contribution in [3.8, 4) is 0 Å². The van der Waals surface area contributed by atoms with Crippen LogP contribution in [-0.2, 0) is 10.0 Å². The molecule has 1 aromatic rings. The molecule has 2 rings (SSSR count). The summed E-state index contributed by atoms with van der Waals surface area (Å²) in [6.45, 7) is 5.12. The Labute approximate surface area is 127 Å². The number of hydrogen-bond donors (Lipinski definition) is 2. The molecule has 1 heterocycles. The van der Waals surface area contributed by atoms with Crippen molar-refractivity contribution >= 4 is 15.8 Å². The SMILES string of the molecule is CCCNc1ccc(S(=O)(=O)NC2CCC(C)CC2)cn1. The number of anilines is 1. The summed E-state index contributed by atoms with van der Waals surface area (Å²) in [5.74, 6) is 1.42. The van der Waals surface area contributed by atoms with Gasteiger partial charge in [-0.1, -0.05) is 13.8 Å². The lowest BCUT2D eigenvalue weighted by Crippen LogP contribution is -2.37. The second kappa shape index (κ2) is 7.22. The first-order valence-corrected chi connectivity index (χ1v) is 9.22. The quantitative estimate of drug-likeness (QED) is 0.847. The molecule has 1 aliphatic carbocycles. The van der Waals surface area contributed by atoms with Crippen molar-refractivity contribution in [2.24, 2.45) is 5.92 Å². The third-order valence-electron chi connectivity index (χ3n) is 3.94. The number of pyridine rings is 1. The van der Waals surface area contributed by atoms with Crippen molar-refractivity contribution < 1.29 is 8.42 Å². The van der Waals surface area contributed by atoms with Crippen molar-refractivity contribution in [2.75, 3.05) is 11.9 Å². The van der Waals surface area contributed by atoms with E-state index in [4.69, 9.17) is 0 Å². The molecule has 6 heteroatoms. The van der Waals surface area contributed by atoms with Crippen LogP contribution in [0.25, 0.3) is 0 Å². The molecule has 1 fully saturated rings. The van der Waals surface area contributed by atoms with E-state index < -0.39 is 10.0 Å². The van der Waals surface area contributed by atoms with Crippen LogP contribution in [0.2, 0.25) is 0 Å². The van der Waals surface area contributed by atoms with Gasteiger partial charge in [0.15, 0.2) is 0 Å². The monoisotopic (exact) mass is 311 g/mol. The van der Waals surface area contributed by atoms with Crippen LogP contribution in [0.4, 0.5) is 5.82 Å². The topological polar surface area (TPSA) is 71.1 Å². The number of aromatic nitrogens is 1. The summed E-state index contributed by atoms with van der Waals surface area (Å²) < 4.78 is 27.5. The van der Waals surface area contributed by atoms with Crippen LogP contribution >= 0.6 is 0 Å². The van der Waals surface area contributed by atoms with Gasteiger partial charge in [-0.2, -0.15) is 0 Å². The molecular formula is C15H25N3O2S. The predicted octanol–water partition coefficient (Wildman–Crippen LogP) is 2.76. The van der Waals surface area contributed by atoms with Crippen LogP contribution in [0.1, 0.15) is 46.0 Å². The minimum Gasteiger partial charge on any atom is -0.370 e. The number of hydrogen-bond acceptors (Lipinski definition) is 4. The second-order valence-electron chi connectivity index (χ2n) is 5.88. The minimum absolute atomic E-state index is 0.0593. The molecule has 0 unspecified atom stereocenters. The maximum Gasteiger partial charge on any atom is 0.242 e. The highest BCUT2D eigenvalue weighted by atomic mass is 32.2. The van der Waals surface area contributed by atoms with E-state index in [9.17, 15) is 8.42 Å². The van der Waals surface area contributed by atoms with Gasteiger partial charge in [0, 0.05) is 18.8 Å². The van der Waals surface area contributed by atoms with Crippen LogP contribution in [0.5, 0.6) is 0 Å². The largest absolute Gasteiger partial charge is 0.370 e. The smallest absolute Gasteiger partial charge is 0.242 e. The fourth-order valence-electron chi connectivity index (χ4n) is 2.56. The lowest BCUT2D eigenvalue weighted by atomic mass is 9.88. The van der Waals surface area contributed by atoms with Crippen molar-refractivity contribution in [1.82, 2.24) is 9.71 Å². The van der Waals surface area contributed by atoms with Gasteiger partial charge in [0.1, 0.15) is 10.7 Å². The molecule has 0 bridgehead atoms. The van der Waals surface area contributed by atoms with Crippen molar-refractivity contribution in [3.63, 3.8) is 0 Å². The molecule has 0 saturated heterocycles. The van der Waals surface area contributed by atoms with Crippen molar-refractivity contribution in [2.45, 2.75) is 56.9 Å². The molecule has 1 aromatic heterocycles. The molecule has 118 valence electrons. The molecule has 5 nitrogen and oxygen atoms in total. The third-order valence-corrected chi connectivity index (χ3v) is 5.45. The van der Waals surface area contributed by atoms with E-state index in [-0.39, 0.29) is 10.9 Å². The van der Waals surface area contributed by atoms with E-state index in [1.807, 2.05) is 0 Å². The van der Waals surface area contributed by atoms with E-state index in [0.717, 1.165) is 38.6 Å². The van der Waals surface area contributed by atoms with Crippen molar-refractivity contribution in [3.05, 3.63) is 18.3 Å². The summed E-state index contributed by atoms with van der Waals surface area (Å²) in [5, 5.41) is 3.13. The highest BCUT2D eigenvalue weighted by Crippen LogP contribution is 2.24. The molecule has 1 saturated carbocycles. The van der Waals surface area contributed by atoms with Gasteiger partial charge >= 0.3 is 0 Å². The molecule has 0 atom stereocenters. The maximum atomic E-state index is 12.3. The van der Waals surface area contributed by atoms with Gasteiger partial charge in [-0.3, -0.25) is 0 Å². The summed E-state index contributed by atoms with van der Waals surface area (Å²) in [7, 11) is -3.45. The molecule has 21 heavy (non-hydrogen) atoms. The Kier molecular flexibility index (Phi) is 5.58. The van der Waals surface area contributed by atoms with Gasteiger partial charge in [-0.25, -0.2) is 18.1 Å². The highest BCUT2D eigenvalue weighted by molar-refractivity contribution is 7.89. The molecule has 0 spiro atoms. The summed E-state index contributed by atoms with van der Waals surface area (Å²) in [6.07, 6.45) is 6.44. The van der Waals surface area contributed by atoms with Crippen LogP contribution in [0, 0.1) is 5.92 Å². The number of nitrogens with one attached hydrogen (secondary N) is 2. The third kappa shape index (κ3) is 4.68. The van der Waals surface area contributed by atoms with Crippen LogP contribution < -0.4 is 10.0 Å². The van der Waals surface area contributed by atoms with Gasteiger partial charge in [0.25, 0.3) is 0 Å². The number of nitrogens with zero attached hydrogens (tertiary/aromatic N) is 1.